The van der Waals surface area contributed by atoms with Gasteiger partial charge < -0.3 is 19.3 Å². The molecule has 0 aromatic heterocycles. The molecule has 1 atom stereocenters. The van der Waals surface area contributed by atoms with Gasteiger partial charge in [0.2, 0.25) is 5.69 Å². The first kappa shape index (κ1) is 42.6. The van der Waals surface area contributed by atoms with E-state index in [1.165, 1.54) is 45.1 Å². The lowest BCUT2D eigenvalue weighted by atomic mass is 9.79. The number of fused-ring (bicyclic) bond motifs is 2. The van der Waals surface area contributed by atoms with Crippen LogP contribution in [0.3, 0.4) is 0 Å². The van der Waals surface area contributed by atoms with Gasteiger partial charge in [-0.2, -0.15) is 4.58 Å². The van der Waals surface area contributed by atoms with Gasteiger partial charge in [-0.15, -0.1) is 0 Å². The van der Waals surface area contributed by atoms with E-state index in [0.717, 1.165) is 66.6 Å². The first-order valence-electron chi connectivity index (χ1n) is 20.3. The molecule has 0 radical (unpaired) electrons. The lowest BCUT2D eigenvalue weighted by Gasteiger charge is -2.35. The number of ether oxygens (including phenoxy) is 2. The van der Waals surface area contributed by atoms with E-state index in [-0.39, 0.29) is 16.9 Å². The Kier molecular flexibility index (Phi) is 13.2. The van der Waals surface area contributed by atoms with Crippen molar-refractivity contribution in [2.24, 2.45) is 0 Å². The van der Waals surface area contributed by atoms with Crippen LogP contribution < -0.4 is 9.80 Å². The average molecular weight is 859 g/mol. The third kappa shape index (κ3) is 8.55. The van der Waals surface area contributed by atoms with Crippen LogP contribution in [0.4, 0.5) is 22.7 Å². The molecule has 58 heavy (non-hydrogen) atoms. The third-order valence-corrected chi connectivity index (χ3v) is 13.2. The fraction of sp³-hybridized carbons (Fsp3) is 0.367. The Balaban J connectivity index is 1.36. The van der Waals surface area contributed by atoms with E-state index in [0.29, 0.717) is 23.3 Å². The maximum atomic E-state index is 6.63. The second-order valence-corrected chi connectivity index (χ2v) is 18.3. The van der Waals surface area contributed by atoms with Crippen LogP contribution in [0.15, 0.2) is 120 Å². The summed E-state index contributed by atoms with van der Waals surface area (Å²) < 4.78 is 13.4. The van der Waals surface area contributed by atoms with Crippen LogP contribution in [0.25, 0.3) is 0 Å². The number of methoxy groups -OCH3 is 2. The van der Waals surface area contributed by atoms with Gasteiger partial charge in [0.05, 0.1) is 17.7 Å². The first-order chi connectivity index (χ1) is 27.8. The normalized spacial score (nSPS) is 18.9. The molecule has 0 saturated heterocycles. The zero-order valence-corrected chi connectivity index (χ0v) is 37.4. The summed E-state index contributed by atoms with van der Waals surface area (Å²) in [4.78, 5) is 4.96. The molecule has 0 spiro atoms. The number of benzene rings is 4. The molecule has 2 heterocycles. The number of allylic oxidation sites excluding steroid dienone is 4. The maximum Gasteiger partial charge on any atom is 0.209 e. The van der Waals surface area contributed by atoms with E-state index in [1.54, 1.807) is 14.2 Å². The predicted molar refractivity (Wildman–Crippen MR) is 246 cm³/mol. The molecular weight excluding hydrogens is 804 g/mol. The molecule has 0 bridgehead atoms. The Morgan fingerprint density at radius 1 is 0.724 bits per heavy atom. The van der Waals surface area contributed by atoms with Gasteiger partial charge in [-0.3, -0.25) is 0 Å². The van der Waals surface area contributed by atoms with Crippen molar-refractivity contribution in [1.29, 1.82) is 0 Å². The van der Waals surface area contributed by atoms with Crippen LogP contribution in [0.5, 0.6) is 0 Å². The number of hydrogen-bond acceptors (Lipinski definition) is 4. The van der Waals surface area contributed by atoms with Crippen LogP contribution in [0, 0.1) is 0 Å². The number of halogens is 4. The van der Waals surface area contributed by atoms with Crippen LogP contribution in [0.2, 0.25) is 20.1 Å². The average Bonchev–Trinajstić information content (AvgIpc) is 3.75. The lowest BCUT2D eigenvalue weighted by molar-refractivity contribution is -0.438. The van der Waals surface area contributed by atoms with E-state index in [9.17, 15) is 0 Å². The van der Waals surface area contributed by atoms with Crippen molar-refractivity contribution in [2.45, 2.75) is 76.7 Å². The molecule has 1 aliphatic carbocycles. The van der Waals surface area contributed by atoms with Crippen LogP contribution in [-0.4, -0.2) is 56.9 Å². The topological polar surface area (TPSA) is 28.0 Å². The Hall–Kier alpha value is -3.55. The minimum absolute atomic E-state index is 0.128. The summed E-state index contributed by atoms with van der Waals surface area (Å²) in [6, 6.07) is 29.1. The molecule has 5 nitrogen and oxygen atoms in total. The fourth-order valence-electron chi connectivity index (χ4n) is 9.23. The fourth-order valence-corrected chi connectivity index (χ4v) is 9.82. The van der Waals surface area contributed by atoms with Crippen molar-refractivity contribution >= 4 is 74.9 Å². The summed E-state index contributed by atoms with van der Waals surface area (Å²) in [5.41, 5.74) is 11.7. The Bertz CT molecular complexity index is 2210. The Labute approximate surface area is 365 Å². The largest absolute Gasteiger partial charge is 0.385 e. The summed E-state index contributed by atoms with van der Waals surface area (Å²) in [7, 11) is 3.54. The third-order valence-electron chi connectivity index (χ3n) is 12.2. The van der Waals surface area contributed by atoms with Gasteiger partial charge in [0.15, 0.2) is 12.3 Å². The van der Waals surface area contributed by atoms with Crippen molar-refractivity contribution in [1.82, 2.24) is 0 Å². The number of rotatable bonds is 15. The highest BCUT2D eigenvalue weighted by Gasteiger charge is 2.45. The van der Waals surface area contributed by atoms with E-state index < -0.39 is 0 Å². The van der Waals surface area contributed by atoms with Gasteiger partial charge in [0, 0.05) is 100 Å². The van der Waals surface area contributed by atoms with E-state index in [2.05, 4.69) is 109 Å². The van der Waals surface area contributed by atoms with E-state index >= 15 is 0 Å². The number of anilines is 3. The molecule has 9 heteroatoms. The highest BCUT2D eigenvalue weighted by Crippen LogP contribution is 2.49. The molecular formula is C49H54Cl4N3O2+. The molecule has 1 unspecified atom stereocenters. The lowest BCUT2D eigenvalue weighted by Crippen LogP contribution is -2.42. The Morgan fingerprint density at radius 2 is 1.31 bits per heavy atom. The molecule has 3 aliphatic rings. The highest BCUT2D eigenvalue weighted by molar-refractivity contribution is 6.31. The molecule has 304 valence electrons. The van der Waals surface area contributed by atoms with Gasteiger partial charge in [0.25, 0.3) is 0 Å². The molecule has 0 saturated carbocycles. The van der Waals surface area contributed by atoms with Crippen molar-refractivity contribution in [3.05, 3.63) is 151 Å². The van der Waals surface area contributed by atoms with Gasteiger partial charge in [-0.25, -0.2) is 0 Å². The van der Waals surface area contributed by atoms with Crippen molar-refractivity contribution in [3.63, 3.8) is 0 Å². The van der Waals surface area contributed by atoms with Crippen LogP contribution >= 0.6 is 46.4 Å². The number of nitrogens with zero attached hydrogens (tertiary/aromatic N) is 3. The van der Waals surface area contributed by atoms with Crippen molar-refractivity contribution in [3.8, 4) is 0 Å². The Morgan fingerprint density at radius 3 is 1.95 bits per heavy atom. The zero-order valence-electron chi connectivity index (χ0n) is 34.4. The molecule has 2 aliphatic heterocycles. The van der Waals surface area contributed by atoms with Gasteiger partial charge >= 0.3 is 0 Å². The smallest absolute Gasteiger partial charge is 0.209 e. The quantitative estimate of drug-likeness (QED) is 0.0879. The molecule has 4 aromatic rings. The summed E-state index contributed by atoms with van der Waals surface area (Å²) in [5.74, 6) is 0. The van der Waals surface area contributed by atoms with Gasteiger partial charge in [-0.1, -0.05) is 72.4 Å². The van der Waals surface area contributed by atoms with Crippen LogP contribution in [-0.2, 0) is 20.3 Å². The first-order valence-corrected chi connectivity index (χ1v) is 21.8. The molecule has 0 N–H and O–H groups in total. The second-order valence-electron chi connectivity index (χ2n) is 16.6. The molecule has 4 aromatic carbocycles. The molecule has 0 amide bonds. The van der Waals surface area contributed by atoms with Crippen molar-refractivity contribution < 1.29 is 14.0 Å². The van der Waals surface area contributed by atoms with Crippen LogP contribution in [0.1, 0.15) is 70.9 Å². The van der Waals surface area contributed by atoms with Gasteiger partial charge in [0.1, 0.15) is 0 Å². The monoisotopic (exact) mass is 856 g/mol. The molecule has 0 fully saturated rings. The molecule has 7 rings (SSSR count). The summed E-state index contributed by atoms with van der Waals surface area (Å²) in [6.07, 6.45) is 11.7. The minimum Gasteiger partial charge on any atom is -0.385 e. The highest BCUT2D eigenvalue weighted by atomic mass is 35.5. The second kappa shape index (κ2) is 18.0. The maximum absolute atomic E-state index is 6.63. The zero-order chi connectivity index (χ0) is 41.2. The summed E-state index contributed by atoms with van der Waals surface area (Å²) in [6.45, 7) is 12.5. The summed E-state index contributed by atoms with van der Waals surface area (Å²) in [5, 5.41) is 2.91. The predicted octanol–water partition coefficient (Wildman–Crippen LogP) is 13.7. The standard InChI is InChI=1S/C49H54Cl4N3O2/c1-48(2)41-31-37(52)17-23-43(41)54(27-7-29-57-5)45(48)25-11-33-9-10-34(47(33)56(39-19-13-35(50)14-20-39)40-21-15-36(51)16-22-40)12-26-46-49(3,4)42-32-38(53)18-24-44(42)55(46)28-8-30-58-6/h11-25,31-32,46H,7-10,26-30H2,1-6H3/q+1/b34-12+. The SMILES string of the molecule is COCCCN1c2ccc(Cl)cc2C(C)(C)C1C/C=C1\CCC(/C=C/C2=[N+](CCCOC)c3ccc(Cl)cc3C2(C)C)=C1N(c1ccc(Cl)cc1)c1ccc(Cl)cc1. The van der Waals surface area contributed by atoms with E-state index in [1.807, 2.05) is 36.4 Å². The minimum atomic E-state index is -0.258. The van der Waals surface area contributed by atoms with Crippen molar-refractivity contribution in [2.75, 3.05) is 50.3 Å². The van der Waals surface area contributed by atoms with E-state index in [4.69, 9.17) is 55.9 Å². The number of hydrogen-bond donors (Lipinski definition) is 0. The summed E-state index contributed by atoms with van der Waals surface area (Å²) >= 11 is 26.2. The van der Waals surface area contributed by atoms with Gasteiger partial charge in [-0.05, 0) is 135 Å².